The summed E-state index contributed by atoms with van der Waals surface area (Å²) >= 11 is 0. The Balaban J connectivity index is 1.77. The summed E-state index contributed by atoms with van der Waals surface area (Å²) in [5.74, 6) is 1.82. The van der Waals surface area contributed by atoms with Gasteiger partial charge in [0.1, 0.15) is 5.78 Å². The van der Waals surface area contributed by atoms with Crippen LogP contribution in [0, 0.1) is 34.5 Å². The van der Waals surface area contributed by atoms with E-state index < -0.39 is 14.2 Å². The molecule has 2 bridgehead atoms. The van der Waals surface area contributed by atoms with Crippen molar-refractivity contribution in [2.24, 2.45) is 34.5 Å². The number of ketones is 1. The van der Waals surface area contributed by atoms with Crippen molar-refractivity contribution in [3.05, 3.63) is 12.2 Å². The molecule has 3 saturated carbocycles. The third kappa shape index (κ3) is 2.54. The molecule has 0 amide bonds. The van der Waals surface area contributed by atoms with Crippen LogP contribution in [0.1, 0.15) is 87.5 Å². The van der Waals surface area contributed by atoms with Crippen LogP contribution in [0.4, 0.5) is 0 Å². The second kappa shape index (κ2) is 7.30. The number of aliphatic hydroxyl groups is 1. The zero-order chi connectivity index (χ0) is 22.2. The van der Waals surface area contributed by atoms with E-state index >= 15 is 0 Å². The van der Waals surface area contributed by atoms with Gasteiger partial charge in [0.05, 0.1) is 14.2 Å². The number of allylic oxidation sites excluding steroid dienone is 2. The number of carbonyl (C=O) groups excluding carboxylic acids is 1. The molecular weight excluding hydrogens is 384 g/mol. The topological polar surface area (TPSA) is 37.3 Å². The van der Waals surface area contributed by atoms with Crippen molar-refractivity contribution in [2.75, 3.05) is 0 Å². The second-order valence-corrected chi connectivity index (χ2v) is 18.9. The molecule has 30 heavy (non-hydrogen) atoms. The van der Waals surface area contributed by atoms with Gasteiger partial charge in [-0.2, -0.15) is 0 Å². The number of hydrogen-bond acceptors (Lipinski definition) is 2. The molecule has 1 N–H and O–H groups in total. The number of fused-ring (bicyclic) bond motifs is 2. The normalized spacial score (nSPS) is 45.9. The van der Waals surface area contributed by atoms with E-state index in [2.05, 4.69) is 67.5 Å². The molecule has 0 aromatic rings. The van der Waals surface area contributed by atoms with Crippen molar-refractivity contribution in [1.82, 2.24) is 0 Å². The summed E-state index contributed by atoms with van der Waals surface area (Å²) in [6, 6.07) is 0. The van der Waals surface area contributed by atoms with Crippen molar-refractivity contribution in [3.63, 3.8) is 0 Å². The van der Waals surface area contributed by atoms with Gasteiger partial charge in [-0.25, -0.2) is 0 Å². The van der Waals surface area contributed by atoms with Crippen molar-refractivity contribution < 1.29 is 9.90 Å². The minimum atomic E-state index is -1.55. The van der Waals surface area contributed by atoms with Crippen LogP contribution in [-0.4, -0.2) is 25.1 Å². The van der Waals surface area contributed by atoms with Gasteiger partial charge in [-0.15, -0.1) is 0 Å². The number of Topliss-reactive ketones (excluding diaryl/α,β-unsaturated/α-hetero) is 1. The van der Waals surface area contributed by atoms with Crippen LogP contribution >= 0.6 is 0 Å². The molecule has 0 heterocycles. The van der Waals surface area contributed by atoms with Gasteiger partial charge in [-0.05, 0) is 48.0 Å². The van der Waals surface area contributed by atoms with E-state index in [0.717, 1.165) is 35.0 Å². The first kappa shape index (κ1) is 22.8. The average Bonchev–Trinajstić information content (AvgIpc) is 2.84. The van der Waals surface area contributed by atoms with E-state index in [1.54, 1.807) is 0 Å². The number of carbonyl (C=O) groups is 1. The number of rotatable bonds is 4. The van der Waals surface area contributed by atoms with Crippen LogP contribution < -0.4 is 0 Å². The van der Waals surface area contributed by atoms with E-state index in [4.69, 9.17) is 0 Å². The van der Waals surface area contributed by atoms with Crippen molar-refractivity contribution >= 4 is 13.9 Å². The SMILES string of the molecule is CC(C)[Si](C(C)C)(C(C)C)[C@H]1CC[C@@]2(C)[C@@H](C=C[C@@H]3C[C@H]4C(=O)CC[C@]32[C@@H]4O)[C@@H]1C. The fourth-order valence-electron chi connectivity index (χ4n) is 10.5. The molecule has 0 aliphatic heterocycles. The largest absolute Gasteiger partial charge is 0.392 e. The lowest BCUT2D eigenvalue weighted by molar-refractivity contribution is -0.160. The lowest BCUT2D eigenvalue weighted by atomic mass is 9.43. The first-order valence-electron chi connectivity index (χ1n) is 12.8. The monoisotopic (exact) mass is 430 g/mol. The van der Waals surface area contributed by atoms with Crippen molar-refractivity contribution in [3.8, 4) is 0 Å². The molecule has 0 aromatic carbocycles. The Morgan fingerprint density at radius 3 is 2.20 bits per heavy atom. The lowest BCUT2D eigenvalue weighted by Crippen LogP contribution is -2.62. The molecule has 3 fully saturated rings. The molecule has 4 rings (SSSR count). The van der Waals surface area contributed by atoms with Gasteiger partial charge < -0.3 is 5.11 Å². The molecule has 3 heteroatoms. The van der Waals surface area contributed by atoms with Crippen LogP contribution in [0.5, 0.6) is 0 Å². The molecule has 4 aliphatic rings. The predicted molar refractivity (Wildman–Crippen MR) is 128 cm³/mol. The maximum Gasteiger partial charge on any atom is 0.138 e. The van der Waals surface area contributed by atoms with Crippen molar-refractivity contribution in [1.29, 1.82) is 0 Å². The maximum atomic E-state index is 12.6. The fraction of sp³-hybridized carbons (Fsp3) is 0.889. The highest BCUT2D eigenvalue weighted by Gasteiger charge is 2.70. The molecule has 1 spiro atoms. The molecule has 0 radical (unpaired) electrons. The Labute approximate surface area is 186 Å². The predicted octanol–water partition coefficient (Wildman–Crippen LogP) is 7.00. The molecule has 2 nitrogen and oxygen atoms in total. The van der Waals surface area contributed by atoms with Crippen LogP contribution in [0.2, 0.25) is 22.2 Å². The first-order chi connectivity index (χ1) is 14.0. The van der Waals surface area contributed by atoms with Gasteiger partial charge in [0.15, 0.2) is 0 Å². The molecule has 0 saturated heterocycles. The Morgan fingerprint density at radius 1 is 1.03 bits per heavy atom. The van der Waals surface area contributed by atoms with Gasteiger partial charge >= 0.3 is 0 Å². The minimum absolute atomic E-state index is 0.0675. The van der Waals surface area contributed by atoms with Gasteiger partial charge in [0.2, 0.25) is 0 Å². The highest BCUT2D eigenvalue weighted by atomic mass is 28.3. The highest BCUT2D eigenvalue weighted by Crippen LogP contribution is 2.73. The van der Waals surface area contributed by atoms with Gasteiger partial charge in [0, 0.05) is 17.8 Å². The molecule has 0 unspecified atom stereocenters. The van der Waals surface area contributed by atoms with Crippen LogP contribution in [0.25, 0.3) is 0 Å². The lowest BCUT2D eigenvalue weighted by Gasteiger charge is -2.65. The van der Waals surface area contributed by atoms with Crippen LogP contribution in [0.15, 0.2) is 12.2 Å². The molecule has 0 aromatic heterocycles. The molecule has 170 valence electrons. The molecule has 8 atom stereocenters. The smallest absolute Gasteiger partial charge is 0.138 e. The van der Waals surface area contributed by atoms with Crippen molar-refractivity contribution in [2.45, 2.75) is 116 Å². The second-order valence-electron chi connectivity index (χ2n) is 12.7. The van der Waals surface area contributed by atoms with Gasteiger partial charge in [-0.3, -0.25) is 4.79 Å². The van der Waals surface area contributed by atoms with E-state index in [9.17, 15) is 9.90 Å². The average molecular weight is 431 g/mol. The maximum absolute atomic E-state index is 12.6. The Morgan fingerprint density at radius 2 is 1.63 bits per heavy atom. The number of aliphatic hydroxyl groups excluding tert-OH is 1. The van der Waals surface area contributed by atoms with E-state index in [-0.39, 0.29) is 16.7 Å². The summed E-state index contributed by atoms with van der Waals surface area (Å²) in [5, 5.41) is 11.5. The summed E-state index contributed by atoms with van der Waals surface area (Å²) in [6.07, 6.45) is 9.63. The van der Waals surface area contributed by atoms with E-state index in [1.165, 1.54) is 12.8 Å². The Kier molecular flexibility index (Phi) is 5.54. The molecular formula is C27H46O2Si. The standard InChI is InChI=1S/C27H46O2Si/c1-16(2)30(17(3)4,18(5)6)24-12-13-26(8)22(19(24)7)10-9-20-15-21-23(28)11-14-27(20,26)25(21)29/h9-10,16-22,24-25,29H,11-15H2,1-8H3/t19-,20+,21-,22-,24-,25+,26-,27+/m0/s1. The zero-order valence-electron chi connectivity index (χ0n) is 20.7. The van der Waals surface area contributed by atoms with Crippen LogP contribution in [0.3, 0.4) is 0 Å². The quantitative estimate of drug-likeness (QED) is 0.385. The van der Waals surface area contributed by atoms with Gasteiger partial charge in [0.25, 0.3) is 0 Å². The van der Waals surface area contributed by atoms with E-state index in [0.29, 0.717) is 30.0 Å². The highest BCUT2D eigenvalue weighted by molar-refractivity contribution is 6.84. The Hall–Kier alpha value is -0.413. The summed E-state index contributed by atoms with van der Waals surface area (Å²) in [5.41, 5.74) is 3.28. The van der Waals surface area contributed by atoms with Crippen LogP contribution in [-0.2, 0) is 4.79 Å². The van der Waals surface area contributed by atoms with Gasteiger partial charge in [-0.1, -0.05) is 90.6 Å². The summed E-state index contributed by atoms with van der Waals surface area (Å²) < 4.78 is 0. The Bertz CT molecular complexity index is 703. The summed E-state index contributed by atoms with van der Waals surface area (Å²) in [4.78, 5) is 12.6. The third-order valence-electron chi connectivity index (χ3n) is 11.4. The van der Waals surface area contributed by atoms with E-state index in [1.807, 2.05) is 0 Å². The third-order valence-corrected chi connectivity index (χ3v) is 19.5. The first-order valence-corrected chi connectivity index (χ1v) is 15.2. The summed E-state index contributed by atoms with van der Waals surface area (Å²) in [7, 11) is -1.55. The minimum Gasteiger partial charge on any atom is -0.392 e. The zero-order valence-corrected chi connectivity index (χ0v) is 21.7. The fourth-order valence-corrected chi connectivity index (χ4v) is 18.9. The summed E-state index contributed by atoms with van der Waals surface area (Å²) in [6.45, 7) is 20.1. The molecule has 4 aliphatic carbocycles. The number of hydrogen-bond donors (Lipinski definition) is 1.